The lowest BCUT2D eigenvalue weighted by atomic mass is 9.97. The van der Waals surface area contributed by atoms with E-state index >= 15 is 0 Å². The van der Waals surface area contributed by atoms with Crippen molar-refractivity contribution in [1.29, 1.82) is 0 Å². The molecule has 148 valence electrons. The zero-order chi connectivity index (χ0) is 20.2. The van der Waals surface area contributed by atoms with Gasteiger partial charge in [0.05, 0.1) is 5.92 Å². The molecular formula is C22H20BrFN4O. The van der Waals surface area contributed by atoms with Gasteiger partial charge in [-0.25, -0.2) is 14.4 Å². The van der Waals surface area contributed by atoms with E-state index < -0.39 is 0 Å². The van der Waals surface area contributed by atoms with Crippen LogP contribution in [0.3, 0.4) is 0 Å². The van der Waals surface area contributed by atoms with Gasteiger partial charge >= 0.3 is 0 Å². The molecule has 7 heteroatoms. The SMILES string of the molecule is O=C(Nc1cccc(Br)c1)[C@@H]1CCCN(c2ncc(-c3cccc(F)c3)cn2)C1. The van der Waals surface area contributed by atoms with Gasteiger partial charge in [-0.2, -0.15) is 0 Å². The highest BCUT2D eigenvalue weighted by Crippen LogP contribution is 2.24. The summed E-state index contributed by atoms with van der Waals surface area (Å²) < 4.78 is 14.4. The summed E-state index contributed by atoms with van der Waals surface area (Å²) in [4.78, 5) is 23.6. The first-order valence-electron chi connectivity index (χ1n) is 9.48. The van der Waals surface area contributed by atoms with E-state index in [0.717, 1.165) is 40.7 Å². The zero-order valence-corrected chi connectivity index (χ0v) is 17.3. The fraction of sp³-hybridized carbons (Fsp3) is 0.227. The van der Waals surface area contributed by atoms with Crippen LogP contribution in [-0.4, -0.2) is 29.0 Å². The number of anilines is 2. The number of piperidine rings is 1. The number of hydrogen-bond donors (Lipinski definition) is 1. The minimum Gasteiger partial charge on any atom is -0.340 e. The van der Waals surface area contributed by atoms with Gasteiger partial charge in [-0.15, -0.1) is 0 Å². The van der Waals surface area contributed by atoms with Crippen LogP contribution in [0.25, 0.3) is 11.1 Å². The Kier molecular flexibility index (Phi) is 5.85. The van der Waals surface area contributed by atoms with Crippen molar-refractivity contribution in [3.8, 4) is 11.1 Å². The maximum Gasteiger partial charge on any atom is 0.229 e. The molecule has 4 rings (SSSR count). The van der Waals surface area contributed by atoms with Gasteiger partial charge < -0.3 is 10.2 Å². The van der Waals surface area contributed by atoms with Crippen LogP contribution in [-0.2, 0) is 4.79 Å². The van der Waals surface area contributed by atoms with Gasteiger partial charge in [-0.1, -0.05) is 34.1 Å². The predicted molar refractivity (Wildman–Crippen MR) is 115 cm³/mol. The van der Waals surface area contributed by atoms with E-state index in [1.807, 2.05) is 35.2 Å². The molecule has 1 amide bonds. The van der Waals surface area contributed by atoms with Crippen molar-refractivity contribution in [3.05, 3.63) is 71.2 Å². The number of aromatic nitrogens is 2. The minimum atomic E-state index is -0.290. The first-order chi connectivity index (χ1) is 14.1. The molecule has 5 nitrogen and oxygen atoms in total. The van der Waals surface area contributed by atoms with Crippen LogP contribution < -0.4 is 10.2 Å². The van der Waals surface area contributed by atoms with Crippen LogP contribution in [0.15, 0.2) is 65.4 Å². The third-order valence-corrected chi connectivity index (χ3v) is 5.46. The largest absolute Gasteiger partial charge is 0.340 e. The second-order valence-electron chi connectivity index (χ2n) is 7.07. The van der Waals surface area contributed by atoms with E-state index in [0.29, 0.717) is 12.5 Å². The van der Waals surface area contributed by atoms with Gasteiger partial charge in [0.1, 0.15) is 5.82 Å². The van der Waals surface area contributed by atoms with Crippen LogP contribution >= 0.6 is 15.9 Å². The Morgan fingerprint density at radius 2 is 1.90 bits per heavy atom. The van der Waals surface area contributed by atoms with Crippen molar-refractivity contribution in [2.45, 2.75) is 12.8 Å². The van der Waals surface area contributed by atoms with Gasteiger partial charge in [0.25, 0.3) is 0 Å². The molecule has 0 aliphatic carbocycles. The number of carbonyl (C=O) groups excluding carboxylic acids is 1. The highest BCUT2D eigenvalue weighted by molar-refractivity contribution is 9.10. The van der Waals surface area contributed by atoms with Gasteiger partial charge in [0.15, 0.2) is 0 Å². The highest BCUT2D eigenvalue weighted by atomic mass is 79.9. The molecule has 1 saturated heterocycles. The molecule has 2 heterocycles. The smallest absolute Gasteiger partial charge is 0.229 e. The zero-order valence-electron chi connectivity index (χ0n) is 15.7. The van der Waals surface area contributed by atoms with E-state index in [-0.39, 0.29) is 17.6 Å². The molecule has 29 heavy (non-hydrogen) atoms. The number of carbonyl (C=O) groups is 1. The predicted octanol–water partition coefficient (Wildman–Crippen LogP) is 4.90. The Balaban J connectivity index is 1.43. The number of halogens is 2. The average Bonchev–Trinajstić information content (AvgIpc) is 2.74. The van der Waals surface area contributed by atoms with Crippen molar-refractivity contribution >= 4 is 33.5 Å². The van der Waals surface area contributed by atoms with Gasteiger partial charge in [0.2, 0.25) is 11.9 Å². The summed E-state index contributed by atoms with van der Waals surface area (Å²) in [7, 11) is 0. The molecule has 0 spiro atoms. The van der Waals surface area contributed by atoms with Crippen LogP contribution in [0.2, 0.25) is 0 Å². The van der Waals surface area contributed by atoms with Gasteiger partial charge in [0, 0.05) is 41.2 Å². The molecular weight excluding hydrogens is 435 g/mol. The standard InChI is InChI=1S/C22H20BrFN4O/c23-18-6-2-8-20(11-18)27-21(29)16-5-3-9-28(14-16)22-25-12-17(13-26-22)15-4-1-7-19(24)10-15/h1-2,4,6-8,10-13,16H,3,5,9,14H2,(H,27,29)/t16-/m1/s1. The molecule has 1 aliphatic rings. The Hall–Kier alpha value is -2.80. The molecule has 0 bridgehead atoms. The molecule has 0 radical (unpaired) electrons. The molecule has 0 unspecified atom stereocenters. The second-order valence-corrected chi connectivity index (χ2v) is 7.98. The summed E-state index contributed by atoms with van der Waals surface area (Å²) in [6.45, 7) is 1.37. The van der Waals surface area contributed by atoms with Gasteiger partial charge in [-0.3, -0.25) is 4.79 Å². The fourth-order valence-electron chi connectivity index (χ4n) is 3.48. The third-order valence-electron chi connectivity index (χ3n) is 4.96. The molecule has 1 aliphatic heterocycles. The summed E-state index contributed by atoms with van der Waals surface area (Å²) in [6, 6.07) is 13.9. The number of benzene rings is 2. The third kappa shape index (κ3) is 4.79. The summed E-state index contributed by atoms with van der Waals surface area (Å²) >= 11 is 3.42. The van der Waals surface area contributed by atoms with Crippen LogP contribution in [0.4, 0.5) is 16.0 Å². The summed E-state index contributed by atoms with van der Waals surface area (Å²) in [5, 5.41) is 2.99. The normalized spacial score (nSPS) is 16.5. The molecule has 1 fully saturated rings. The maximum absolute atomic E-state index is 13.4. The van der Waals surface area contributed by atoms with Crippen LogP contribution in [0, 0.1) is 11.7 Å². The van der Waals surface area contributed by atoms with E-state index in [9.17, 15) is 9.18 Å². The lowest BCUT2D eigenvalue weighted by molar-refractivity contribution is -0.120. The van der Waals surface area contributed by atoms with E-state index in [1.54, 1.807) is 18.5 Å². The summed E-state index contributed by atoms with van der Waals surface area (Å²) in [5.74, 6) is 0.172. The van der Waals surface area contributed by atoms with Crippen molar-refractivity contribution in [3.63, 3.8) is 0 Å². The molecule has 3 aromatic rings. The average molecular weight is 455 g/mol. The van der Waals surface area contributed by atoms with Crippen molar-refractivity contribution in [2.24, 2.45) is 5.92 Å². The molecule has 0 saturated carbocycles. The Bertz CT molecular complexity index is 1010. The van der Waals surface area contributed by atoms with E-state index in [2.05, 4.69) is 31.2 Å². The molecule has 2 aromatic carbocycles. The topological polar surface area (TPSA) is 58.1 Å². The van der Waals surface area contributed by atoms with Crippen LogP contribution in [0.1, 0.15) is 12.8 Å². The highest BCUT2D eigenvalue weighted by Gasteiger charge is 2.27. The Labute approximate surface area is 177 Å². The van der Waals surface area contributed by atoms with Crippen molar-refractivity contribution in [2.75, 3.05) is 23.3 Å². The first-order valence-corrected chi connectivity index (χ1v) is 10.3. The summed E-state index contributed by atoms with van der Waals surface area (Å²) in [5.41, 5.74) is 2.27. The quantitative estimate of drug-likeness (QED) is 0.608. The lowest BCUT2D eigenvalue weighted by Crippen LogP contribution is -2.41. The molecule has 1 aromatic heterocycles. The minimum absolute atomic E-state index is 0.00387. The Morgan fingerprint density at radius 3 is 2.66 bits per heavy atom. The number of hydrogen-bond acceptors (Lipinski definition) is 4. The number of amides is 1. The number of nitrogens with one attached hydrogen (secondary N) is 1. The van der Waals surface area contributed by atoms with Gasteiger partial charge in [-0.05, 0) is 48.7 Å². The molecule has 1 atom stereocenters. The monoisotopic (exact) mass is 454 g/mol. The van der Waals surface area contributed by atoms with E-state index in [1.165, 1.54) is 12.1 Å². The molecule has 1 N–H and O–H groups in total. The fourth-order valence-corrected chi connectivity index (χ4v) is 3.88. The second kappa shape index (κ2) is 8.69. The lowest BCUT2D eigenvalue weighted by Gasteiger charge is -2.32. The van der Waals surface area contributed by atoms with Crippen molar-refractivity contribution in [1.82, 2.24) is 9.97 Å². The maximum atomic E-state index is 13.4. The van der Waals surface area contributed by atoms with Crippen molar-refractivity contribution < 1.29 is 9.18 Å². The van der Waals surface area contributed by atoms with E-state index in [4.69, 9.17) is 0 Å². The number of nitrogens with zero attached hydrogens (tertiary/aromatic N) is 3. The summed E-state index contributed by atoms with van der Waals surface area (Å²) in [6.07, 6.45) is 5.12. The Morgan fingerprint density at radius 1 is 1.10 bits per heavy atom. The first kappa shape index (κ1) is 19.5. The van der Waals surface area contributed by atoms with Crippen LogP contribution in [0.5, 0.6) is 0 Å². The number of rotatable bonds is 4.